The van der Waals surface area contributed by atoms with Crippen LogP contribution in [0.5, 0.6) is 0 Å². The zero-order valence-corrected chi connectivity index (χ0v) is 10.0. The molecule has 0 fully saturated rings. The fourth-order valence-electron chi connectivity index (χ4n) is 0. The van der Waals surface area contributed by atoms with Crippen LogP contribution in [-0.4, -0.2) is 60.2 Å². The third-order valence-electron chi connectivity index (χ3n) is 0. The van der Waals surface area contributed by atoms with Gasteiger partial charge in [0, 0.05) is 35.6 Å². The first kappa shape index (κ1) is 196. The van der Waals surface area contributed by atoms with Crippen LogP contribution in [0, 0.1) is 35.6 Å². The minimum Gasteiger partial charge on any atom is -0.450 e. The maximum Gasteiger partial charge on any atom is 0.503 e. The van der Waals surface area contributed by atoms with Crippen LogP contribution in [0.4, 0.5) is 4.79 Å². The number of rotatable bonds is 0. The molecule has 0 aliphatic carbocycles. The molecule has 0 rings (SSSR count). The van der Waals surface area contributed by atoms with E-state index in [1.54, 1.807) is 0 Å². The molecule has 0 aromatic carbocycles. The normalized spacial score (nSPS) is 1.85. The Morgan fingerprint density at radius 3 is 0.615 bits per heavy atom. The summed E-state index contributed by atoms with van der Waals surface area (Å²) >= 11 is 0. The summed E-state index contributed by atoms with van der Waals surface area (Å²) in [6.07, 6.45) is -1.83. The fraction of sp³-hybridized carbons (Fsp3) is 0. The number of carboxylic acid groups (broad SMARTS) is 2. The molecule has 91 valence electrons. The van der Waals surface area contributed by atoms with Crippen molar-refractivity contribution in [3.05, 3.63) is 0 Å². The predicted octanol–water partition coefficient (Wildman–Crippen LogP) is -6.38. The quantitative estimate of drug-likeness (QED) is 0.432. The van der Waals surface area contributed by atoms with Crippen LogP contribution < -0.4 is 0 Å². The Morgan fingerprint density at radius 1 is 0.615 bits per heavy atom. The molecule has 0 spiro atoms. The van der Waals surface area contributed by atoms with Gasteiger partial charge >= 0.3 is 6.16 Å². The van der Waals surface area contributed by atoms with Crippen LogP contribution in [0.2, 0.25) is 0 Å². The van der Waals surface area contributed by atoms with E-state index in [1.165, 1.54) is 0 Å². The molecule has 1 radical (unpaired) electrons. The van der Waals surface area contributed by atoms with E-state index in [0.717, 1.165) is 0 Å². The summed E-state index contributed by atoms with van der Waals surface area (Å²) in [7, 11) is 0. The van der Waals surface area contributed by atoms with E-state index in [0.29, 0.717) is 0 Å². The predicted molar refractivity (Wildman–Crippen MR) is 39.6 cm³/mol. The van der Waals surface area contributed by atoms with E-state index in [9.17, 15) is 0 Å². The van der Waals surface area contributed by atoms with Crippen molar-refractivity contribution in [3.63, 3.8) is 0 Å². The second kappa shape index (κ2) is 153. The molecule has 11 nitrogen and oxygen atoms in total. The molecule has 0 aliphatic rings. The molecular weight excluding hydrogens is 327 g/mol. The Morgan fingerprint density at radius 2 is 0.615 bits per heavy atom. The van der Waals surface area contributed by atoms with Gasteiger partial charge in [0.15, 0.2) is 0 Å². The van der Waals surface area contributed by atoms with Crippen LogP contribution in [0.15, 0.2) is 0 Å². The van der Waals surface area contributed by atoms with Gasteiger partial charge in [-0.05, 0) is 0 Å². The van der Waals surface area contributed by atoms with Crippen molar-refractivity contribution in [3.8, 4) is 0 Å². The topological polar surface area (TPSA) is 310 Å². The summed E-state index contributed by atoms with van der Waals surface area (Å²) in [5.41, 5.74) is 0. The Bertz CT molecular complexity index is 33.1. The largest absolute Gasteiger partial charge is 0.503 e. The molecule has 0 saturated heterocycles. The first-order chi connectivity index (χ1) is 1.73. The molecule has 0 atom stereocenters. The van der Waals surface area contributed by atoms with Gasteiger partial charge in [0.25, 0.3) is 0 Å². The molecule has 0 aromatic heterocycles. The molecule has 13 heavy (non-hydrogen) atoms. The van der Waals surface area contributed by atoms with Gasteiger partial charge < -0.3 is 54.0 Å². The van der Waals surface area contributed by atoms with E-state index < -0.39 is 6.16 Å². The molecule has 0 saturated carbocycles. The van der Waals surface area contributed by atoms with Crippen molar-refractivity contribution in [2.45, 2.75) is 0 Å². The van der Waals surface area contributed by atoms with Crippen molar-refractivity contribution < 1.29 is 94.4 Å². The average Bonchev–Trinajstić information content (AvgIpc) is 0.811. The molecule has 0 unspecified atom stereocenters. The molecule has 0 heterocycles. The Hall–Kier alpha value is 0.145. The molecule has 12 heteroatoms. The van der Waals surface area contributed by atoms with Crippen LogP contribution in [0.1, 0.15) is 0 Å². The smallest absolute Gasteiger partial charge is 0.450 e. The summed E-state index contributed by atoms with van der Waals surface area (Å²) in [6, 6.07) is 0. The van der Waals surface area contributed by atoms with Gasteiger partial charge in [0.05, 0.1) is 0 Å². The van der Waals surface area contributed by atoms with Crippen molar-refractivity contribution in [2.24, 2.45) is 0 Å². The summed E-state index contributed by atoms with van der Waals surface area (Å²) < 4.78 is 0. The summed E-state index contributed by atoms with van der Waals surface area (Å²) in [6.45, 7) is 0. The molecule has 0 aromatic rings. The monoisotopic (exact) mass is 345 g/mol. The SMILES string of the molecule is O.O.O.O.O.O.O.O.O=C(O)O.[La]. The summed E-state index contributed by atoms with van der Waals surface area (Å²) in [5, 5.41) is 13.9. The molecule has 0 bridgehead atoms. The number of hydrogen-bond donors (Lipinski definition) is 2. The summed E-state index contributed by atoms with van der Waals surface area (Å²) in [5.74, 6) is 0. The van der Waals surface area contributed by atoms with Gasteiger partial charge in [-0.2, -0.15) is 0 Å². The molecule has 18 N–H and O–H groups in total. The molecule has 0 amide bonds. The maximum absolute atomic E-state index is 8.56. The number of hydrogen-bond acceptors (Lipinski definition) is 1. The number of carbonyl (C=O) groups is 1. The standard InChI is InChI=1S/CH2O3.La.8H2O/c2-1(3)4;;;;;;;;;/h(H2,2,3,4);;8*1H2. The Balaban J connectivity index is -0.00000000125. The zero-order chi connectivity index (χ0) is 3.58. The third-order valence-corrected chi connectivity index (χ3v) is 0. The third kappa shape index (κ3) is 59600. The summed E-state index contributed by atoms with van der Waals surface area (Å²) in [4.78, 5) is 8.56. The van der Waals surface area contributed by atoms with Gasteiger partial charge in [-0.25, -0.2) is 4.79 Å². The maximum atomic E-state index is 8.56. The van der Waals surface area contributed by atoms with Crippen LogP contribution in [0.3, 0.4) is 0 Å². The van der Waals surface area contributed by atoms with Crippen molar-refractivity contribution >= 4 is 6.16 Å². The van der Waals surface area contributed by atoms with Gasteiger partial charge in [0.1, 0.15) is 0 Å². The zero-order valence-electron chi connectivity index (χ0n) is 6.38. The second-order valence-electron chi connectivity index (χ2n) is 0.283. The van der Waals surface area contributed by atoms with E-state index >= 15 is 0 Å². The van der Waals surface area contributed by atoms with Crippen molar-refractivity contribution in [1.82, 2.24) is 0 Å². The van der Waals surface area contributed by atoms with Crippen LogP contribution in [-0.2, 0) is 0 Å². The van der Waals surface area contributed by atoms with Crippen molar-refractivity contribution in [1.29, 1.82) is 0 Å². The van der Waals surface area contributed by atoms with E-state index in [-0.39, 0.29) is 79.4 Å². The first-order valence-corrected chi connectivity index (χ1v) is 0.651. The molecular formula is CH18LaO11. The first-order valence-electron chi connectivity index (χ1n) is 0.651. The Kier molecular flexibility index (Phi) is 2300. The Labute approximate surface area is 100 Å². The minimum absolute atomic E-state index is 0. The van der Waals surface area contributed by atoms with Gasteiger partial charge in [-0.15, -0.1) is 0 Å². The van der Waals surface area contributed by atoms with Gasteiger partial charge in [0.2, 0.25) is 0 Å². The average molecular weight is 345 g/mol. The van der Waals surface area contributed by atoms with E-state index in [4.69, 9.17) is 15.0 Å². The van der Waals surface area contributed by atoms with Crippen LogP contribution in [0.25, 0.3) is 0 Å². The van der Waals surface area contributed by atoms with E-state index in [1.807, 2.05) is 0 Å². The van der Waals surface area contributed by atoms with Crippen molar-refractivity contribution in [2.75, 3.05) is 0 Å². The van der Waals surface area contributed by atoms with E-state index in [2.05, 4.69) is 0 Å². The van der Waals surface area contributed by atoms with Crippen LogP contribution >= 0.6 is 0 Å². The second-order valence-corrected chi connectivity index (χ2v) is 0.283. The fourth-order valence-corrected chi connectivity index (χ4v) is 0. The minimum atomic E-state index is -1.83. The van der Waals surface area contributed by atoms with Gasteiger partial charge in [-0.3, -0.25) is 0 Å². The molecule has 0 aliphatic heterocycles. The van der Waals surface area contributed by atoms with Gasteiger partial charge in [-0.1, -0.05) is 0 Å².